The molecule has 2 aliphatic carbocycles. The molecule has 1 fully saturated rings. The van der Waals surface area contributed by atoms with Crippen LogP contribution in [0.5, 0.6) is 0 Å². The van der Waals surface area contributed by atoms with Crippen molar-refractivity contribution in [2.24, 2.45) is 10.8 Å². The van der Waals surface area contributed by atoms with Crippen LogP contribution in [0.15, 0.2) is 157 Å². The van der Waals surface area contributed by atoms with Crippen LogP contribution < -0.4 is 0 Å². The average Bonchev–Trinajstić information content (AvgIpc) is 3.80. The second kappa shape index (κ2) is 15.0. The zero-order valence-corrected chi connectivity index (χ0v) is 40.8. The molecule has 1 saturated heterocycles. The summed E-state index contributed by atoms with van der Waals surface area (Å²) >= 11 is -3.44. The second-order valence-corrected chi connectivity index (χ2v) is 36.3. The number of hydrogen-bond donors (Lipinski definition) is 0. The van der Waals surface area contributed by atoms with Gasteiger partial charge in [-0.05, 0) is 0 Å². The first-order valence-electron chi connectivity index (χ1n) is 21.5. The molecule has 0 spiro atoms. The van der Waals surface area contributed by atoms with Crippen molar-refractivity contribution in [3.63, 3.8) is 0 Å². The van der Waals surface area contributed by atoms with Gasteiger partial charge < -0.3 is 0 Å². The summed E-state index contributed by atoms with van der Waals surface area (Å²) in [5.74, 6) is 0. The fraction of sp³-hybridized carbons (Fsp3) is 0.228. The number of halogens is 2. The van der Waals surface area contributed by atoms with Crippen LogP contribution in [0.4, 0.5) is 0 Å². The molecule has 1 heterocycles. The molecule has 2 unspecified atom stereocenters. The van der Waals surface area contributed by atoms with E-state index >= 15 is 0 Å². The van der Waals surface area contributed by atoms with Crippen LogP contribution in [0, 0.1) is 10.8 Å². The summed E-state index contributed by atoms with van der Waals surface area (Å²) in [5.41, 5.74) is 15.3. The molecule has 300 valence electrons. The molecule has 0 bridgehead atoms. The van der Waals surface area contributed by atoms with E-state index in [0.717, 1.165) is 0 Å². The Labute approximate surface area is 373 Å². The van der Waals surface area contributed by atoms with Gasteiger partial charge in [0.15, 0.2) is 0 Å². The van der Waals surface area contributed by atoms with Crippen molar-refractivity contribution in [2.45, 2.75) is 63.7 Å². The largest absolute Gasteiger partial charge is 0.147 e. The van der Waals surface area contributed by atoms with E-state index in [2.05, 4.69) is 199 Å². The molecular formula is C57H54Cl2Hf. The Kier molecular flexibility index (Phi) is 10.3. The van der Waals surface area contributed by atoms with Gasteiger partial charge in [0.2, 0.25) is 0 Å². The van der Waals surface area contributed by atoms with Crippen LogP contribution in [0.3, 0.4) is 0 Å². The van der Waals surface area contributed by atoms with E-state index in [9.17, 15) is 0 Å². The maximum atomic E-state index is 2.71. The molecule has 0 N–H and O–H groups in total. The van der Waals surface area contributed by atoms with Crippen molar-refractivity contribution in [3.05, 3.63) is 179 Å². The molecule has 60 heavy (non-hydrogen) atoms. The third-order valence-corrected chi connectivity index (χ3v) is 36.3. The molecule has 3 aliphatic rings. The van der Waals surface area contributed by atoms with Crippen LogP contribution in [0.25, 0.3) is 77.5 Å². The van der Waals surface area contributed by atoms with Gasteiger partial charge in [-0.2, -0.15) is 0 Å². The Morgan fingerprint density at radius 3 is 1.05 bits per heavy atom. The van der Waals surface area contributed by atoms with Crippen molar-refractivity contribution in [1.82, 2.24) is 0 Å². The van der Waals surface area contributed by atoms with Crippen LogP contribution >= 0.6 is 24.8 Å². The predicted octanol–water partition coefficient (Wildman–Crippen LogP) is 17.5. The standard InChI is InChI=1S/2C27H23.C3H6.2ClH.Hf/c2*1-27(2,3)21-16-20-11-8-14-24(25(20)17-21)26-22-12-6-4-9-18(22)15-19-10-5-7-13-23(19)26;1-3-2;;;/h2*4-17H,1-3H3;1-3H2;2*1H;. The van der Waals surface area contributed by atoms with Crippen LogP contribution in [-0.4, -0.2) is 0 Å². The van der Waals surface area contributed by atoms with Gasteiger partial charge in [0.1, 0.15) is 0 Å². The fourth-order valence-corrected chi connectivity index (χ4v) is 35.7. The Balaban J connectivity index is 0.00000231. The van der Waals surface area contributed by atoms with E-state index in [0.29, 0.717) is 7.35 Å². The first-order chi connectivity index (χ1) is 28.0. The molecule has 0 aromatic heterocycles. The van der Waals surface area contributed by atoms with Gasteiger partial charge in [-0.15, -0.1) is 24.8 Å². The molecule has 0 amide bonds. The SMILES string of the molecule is CC(C)(C)C1=Cc2c(-c3c4ccccc4cc4ccccc34)cccc2[CH]1[Hf]1([CH]2C(C(C)(C)C)=Cc3c(-c4c5ccccc5cc5ccccc45)cccc32)[CH2]C[CH2]1.Cl.Cl. The van der Waals surface area contributed by atoms with Gasteiger partial charge in [-0.25, -0.2) is 0 Å². The number of hydrogen-bond acceptors (Lipinski definition) is 0. The maximum absolute atomic E-state index is 3.44. The number of allylic oxidation sites excluding steroid dienone is 2. The molecule has 11 rings (SSSR count). The summed E-state index contributed by atoms with van der Waals surface area (Å²) in [6.07, 6.45) is 6.79. The van der Waals surface area contributed by atoms with Gasteiger partial charge in [0.05, 0.1) is 0 Å². The van der Waals surface area contributed by atoms with E-state index in [4.69, 9.17) is 0 Å². The smallest absolute Gasteiger partial charge is 0.147 e. The van der Waals surface area contributed by atoms with E-state index in [1.165, 1.54) is 91.2 Å². The topological polar surface area (TPSA) is 0 Å². The third-order valence-electron chi connectivity index (χ3n) is 14.4. The first-order valence-corrected chi connectivity index (χ1v) is 30.8. The summed E-state index contributed by atoms with van der Waals surface area (Å²) in [5, 5.41) is 10.7. The number of fused-ring (bicyclic) bond motifs is 6. The molecule has 8 aromatic rings. The van der Waals surface area contributed by atoms with Gasteiger partial charge >= 0.3 is 351 Å². The van der Waals surface area contributed by atoms with E-state index in [-0.39, 0.29) is 35.6 Å². The fourth-order valence-electron chi connectivity index (χ4n) is 11.7. The monoisotopic (exact) mass is 988 g/mol. The van der Waals surface area contributed by atoms with Crippen molar-refractivity contribution >= 4 is 80.1 Å². The minimum atomic E-state index is -3.44. The minimum absolute atomic E-state index is 0. The zero-order chi connectivity index (χ0) is 39.6. The predicted molar refractivity (Wildman–Crippen MR) is 263 cm³/mol. The maximum Gasteiger partial charge on any atom is -0.147 e. The van der Waals surface area contributed by atoms with Crippen LogP contribution in [0.1, 0.15) is 77.6 Å². The Morgan fingerprint density at radius 2 is 0.750 bits per heavy atom. The molecule has 1 aliphatic heterocycles. The Morgan fingerprint density at radius 1 is 0.417 bits per heavy atom. The molecular weight excluding hydrogens is 934 g/mol. The summed E-state index contributed by atoms with van der Waals surface area (Å²) in [4.78, 5) is 0. The molecule has 0 nitrogen and oxygen atoms in total. The van der Waals surface area contributed by atoms with E-state index < -0.39 is 20.0 Å². The van der Waals surface area contributed by atoms with E-state index in [1.54, 1.807) is 22.3 Å². The minimum Gasteiger partial charge on any atom is -0.147 e. The average molecular weight is 988 g/mol. The van der Waals surface area contributed by atoms with Gasteiger partial charge in [-0.1, -0.05) is 0 Å². The summed E-state index contributed by atoms with van der Waals surface area (Å²) in [6.45, 7) is 15.0. The van der Waals surface area contributed by atoms with Crippen LogP contribution in [0.2, 0.25) is 8.35 Å². The number of rotatable bonds is 4. The Hall–Kier alpha value is -4.27. The summed E-state index contributed by atoms with van der Waals surface area (Å²) in [6, 6.07) is 55.7. The normalized spacial score (nSPS) is 18.0. The molecule has 3 heteroatoms. The van der Waals surface area contributed by atoms with Gasteiger partial charge in [0.25, 0.3) is 0 Å². The molecule has 0 radical (unpaired) electrons. The van der Waals surface area contributed by atoms with Crippen molar-refractivity contribution in [3.8, 4) is 22.3 Å². The third kappa shape index (κ3) is 6.16. The molecule has 2 atom stereocenters. The van der Waals surface area contributed by atoms with Gasteiger partial charge in [0, 0.05) is 0 Å². The summed E-state index contributed by atoms with van der Waals surface area (Å²) in [7, 11) is 0. The summed E-state index contributed by atoms with van der Waals surface area (Å²) < 4.78 is 3.98. The van der Waals surface area contributed by atoms with Gasteiger partial charge in [-0.3, -0.25) is 0 Å². The zero-order valence-electron chi connectivity index (χ0n) is 35.6. The number of benzene rings is 8. The van der Waals surface area contributed by atoms with Crippen molar-refractivity contribution in [1.29, 1.82) is 0 Å². The molecule has 8 aromatic carbocycles. The molecule has 0 saturated carbocycles. The van der Waals surface area contributed by atoms with Crippen molar-refractivity contribution in [2.75, 3.05) is 0 Å². The van der Waals surface area contributed by atoms with Crippen molar-refractivity contribution < 1.29 is 20.0 Å². The second-order valence-electron chi connectivity index (χ2n) is 19.7. The Bertz CT molecular complexity index is 2760. The first kappa shape index (κ1) is 41.1. The van der Waals surface area contributed by atoms with Crippen LogP contribution in [-0.2, 0) is 20.0 Å². The van der Waals surface area contributed by atoms with E-state index in [1.807, 2.05) is 0 Å². The quantitative estimate of drug-likeness (QED) is 0.122.